The minimum Gasteiger partial charge on any atom is -0.409 e. The summed E-state index contributed by atoms with van der Waals surface area (Å²) in [5.41, 5.74) is 3.28. The lowest BCUT2D eigenvalue weighted by molar-refractivity contribution is 0.00266. The molecule has 1 spiro atoms. The van der Waals surface area contributed by atoms with E-state index in [2.05, 4.69) is 18.7 Å². The van der Waals surface area contributed by atoms with Crippen molar-refractivity contribution in [2.45, 2.75) is 39.5 Å². The Morgan fingerprint density at radius 3 is 2.38 bits per heavy atom. The van der Waals surface area contributed by atoms with Gasteiger partial charge in [0.15, 0.2) is 10.8 Å². The molecule has 1 atom stereocenters. The van der Waals surface area contributed by atoms with E-state index >= 15 is 0 Å². The summed E-state index contributed by atoms with van der Waals surface area (Å²) in [6.07, 6.45) is 1.96. The van der Waals surface area contributed by atoms with Crippen molar-refractivity contribution in [3.63, 3.8) is 0 Å². The van der Waals surface area contributed by atoms with Crippen molar-refractivity contribution in [2.75, 3.05) is 18.0 Å². The number of carbonyl (C=O) groups is 1. The van der Waals surface area contributed by atoms with Crippen LogP contribution in [0.5, 0.6) is 0 Å². The zero-order valence-electron chi connectivity index (χ0n) is 17.0. The van der Waals surface area contributed by atoms with Crippen molar-refractivity contribution in [1.29, 1.82) is 0 Å². The highest BCUT2D eigenvalue weighted by atomic mass is 32.1. The molecule has 0 N–H and O–H groups in total. The molecule has 0 amide bonds. The minimum atomic E-state index is -1.28. The van der Waals surface area contributed by atoms with Gasteiger partial charge < -0.3 is 9.64 Å². The highest BCUT2D eigenvalue weighted by Crippen LogP contribution is 2.46. The zero-order valence-corrected chi connectivity index (χ0v) is 17.8. The molecule has 5 nitrogen and oxygen atoms in total. The molecule has 2 aromatic rings. The summed E-state index contributed by atoms with van der Waals surface area (Å²) in [6, 6.07) is 15.5. The predicted octanol–water partition coefficient (Wildman–Crippen LogP) is 4.64. The third kappa shape index (κ3) is 3.12. The second kappa shape index (κ2) is 7.59. The van der Waals surface area contributed by atoms with E-state index in [0.29, 0.717) is 16.4 Å². The Bertz CT molecular complexity index is 980. The fourth-order valence-corrected chi connectivity index (χ4v) is 4.37. The lowest BCUT2D eigenvalue weighted by Gasteiger charge is -2.33. The third-order valence-corrected chi connectivity index (χ3v) is 5.63. The van der Waals surface area contributed by atoms with Crippen molar-refractivity contribution in [3.05, 3.63) is 65.2 Å². The molecule has 0 fully saturated rings. The Morgan fingerprint density at radius 1 is 1.07 bits per heavy atom. The minimum absolute atomic E-state index is 0.372. The maximum atomic E-state index is 12.7. The van der Waals surface area contributed by atoms with Gasteiger partial charge in [-0.1, -0.05) is 55.9 Å². The van der Waals surface area contributed by atoms with Crippen LogP contribution in [0.4, 0.5) is 5.69 Å². The van der Waals surface area contributed by atoms with Gasteiger partial charge in [0.25, 0.3) is 0 Å². The van der Waals surface area contributed by atoms with Gasteiger partial charge in [0, 0.05) is 18.8 Å². The second-order valence-electron chi connectivity index (χ2n) is 7.44. The summed E-state index contributed by atoms with van der Waals surface area (Å²) < 4.78 is 5.97. The van der Waals surface area contributed by atoms with Gasteiger partial charge in [0.1, 0.15) is 0 Å². The van der Waals surface area contributed by atoms with Crippen LogP contribution in [0, 0.1) is 6.92 Å². The molecule has 0 saturated carbocycles. The number of anilines is 1. The Labute approximate surface area is 177 Å². The Hall–Kier alpha value is -2.73. The standard InChI is InChI=1S/C23H25N3O2S/c1-4-14-25(15-5-2)20-21(29)26(17-12-10-16(3)11-13-17)23(24-20)19-9-7-6-8-18(19)22(27)28-23/h6-13H,4-5,14-15H2,1-3H3. The molecule has 0 aliphatic carbocycles. The van der Waals surface area contributed by atoms with Crippen LogP contribution >= 0.6 is 12.2 Å². The van der Waals surface area contributed by atoms with E-state index in [4.69, 9.17) is 21.9 Å². The fraction of sp³-hybridized carbons (Fsp3) is 0.348. The number of hydrogen-bond donors (Lipinski definition) is 0. The number of aliphatic imine (C=N–C) groups is 1. The summed E-state index contributed by atoms with van der Waals surface area (Å²) in [7, 11) is 0. The van der Waals surface area contributed by atoms with Gasteiger partial charge in [0.05, 0.1) is 11.1 Å². The third-order valence-electron chi connectivity index (χ3n) is 5.27. The maximum Gasteiger partial charge on any atom is 0.342 e. The highest BCUT2D eigenvalue weighted by Gasteiger charge is 2.57. The molecule has 1 unspecified atom stereocenters. The molecule has 4 rings (SSSR count). The number of aryl methyl sites for hydroxylation is 1. The van der Waals surface area contributed by atoms with Crippen molar-refractivity contribution < 1.29 is 9.53 Å². The molecule has 0 bridgehead atoms. The monoisotopic (exact) mass is 407 g/mol. The number of hydrogen-bond acceptors (Lipinski definition) is 5. The Kier molecular flexibility index (Phi) is 5.13. The van der Waals surface area contributed by atoms with Gasteiger partial charge in [-0.05, 0) is 44.0 Å². The van der Waals surface area contributed by atoms with Crippen LogP contribution in [-0.2, 0) is 10.6 Å². The molecular formula is C23H25N3O2S. The molecule has 0 radical (unpaired) electrons. The fourth-order valence-electron chi connectivity index (χ4n) is 3.97. The van der Waals surface area contributed by atoms with E-state index in [-0.39, 0.29) is 5.97 Å². The average Bonchev–Trinajstić information content (AvgIpc) is 3.17. The van der Waals surface area contributed by atoms with Crippen LogP contribution in [0.15, 0.2) is 53.5 Å². The quantitative estimate of drug-likeness (QED) is 0.534. The second-order valence-corrected chi connectivity index (χ2v) is 7.83. The van der Waals surface area contributed by atoms with Crippen LogP contribution in [0.1, 0.15) is 48.2 Å². The smallest absolute Gasteiger partial charge is 0.342 e. The van der Waals surface area contributed by atoms with Gasteiger partial charge in [0.2, 0.25) is 0 Å². The van der Waals surface area contributed by atoms with Gasteiger partial charge in [-0.15, -0.1) is 0 Å². The van der Waals surface area contributed by atoms with Crippen LogP contribution in [0.25, 0.3) is 0 Å². The van der Waals surface area contributed by atoms with E-state index in [1.807, 2.05) is 54.3 Å². The first-order chi connectivity index (χ1) is 14.0. The van der Waals surface area contributed by atoms with E-state index < -0.39 is 5.85 Å². The lowest BCUT2D eigenvalue weighted by Crippen LogP contribution is -2.46. The molecule has 2 heterocycles. The zero-order chi connectivity index (χ0) is 20.6. The first-order valence-electron chi connectivity index (χ1n) is 10.1. The number of esters is 1. The summed E-state index contributed by atoms with van der Waals surface area (Å²) in [5.74, 6) is -0.938. The average molecular weight is 408 g/mol. The first kappa shape index (κ1) is 19.6. The largest absolute Gasteiger partial charge is 0.409 e. The van der Waals surface area contributed by atoms with Gasteiger partial charge in [-0.2, -0.15) is 4.99 Å². The molecule has 150 valence electrons. The summed E-state index contributed by atoms with van der Waals surface area (Å²) >= 11 is 5.92. The van der Waals surface area contributed by atoms with E-state index in [0.717, 1.165) is 42.7 Å². The van der Waals surface area contributed by atoms with Gasteiger partial charge in [-0.25, -0.2) is 4.79 Å². The van der Waals surface area contributed by atoms with E-state index in [1.165, 1.54) is 0 Å². The molecule has 2 aromatic carbocycles. The first-order valence-corrected chi connectivity index (χ1v) is 10.5. The molecular weight excluding hydrogens is 382 g/mol. The number of nitrogens with zero attached hydrogens (tertiary/aromatic N) is 3. The van der Waals surface area contributed by atoms with Gasteiger partial charge in [-0.3, -0.25) is 4.90 Å². The normalized spacial score (nSPS) is 20.1. The Morgan fingerprint density at radius 2 is 1.72 bits per heavy atom. The van der Waals surface area contributed by atoms with Crippen molar-refractivity contribution in [1.82, 2.24) is 4.90 Å². The number of rotatable bonds is 5. The number of fused-ring (bicyclic) bond motifs is 2. The summed E-state index contributed by atoms with van der Waals surface area (Å²) in [5, 5.41) is 0. The van der Waals surface area contributed by atoms with Crippen molar-refractivity contribution in [3.8, 4) is 0 Å². The highest BCUT2D eigenvalue weighted by molar-refractivity contribution is 7.82. The SMILES string of the molecule is CCCN(CCC)C1=NC2(OC(=O)c3ccccc32)N(c2ccc(C)cc2)C1=S. The van der Waals surface area contributed by atoms with Gasteiger partial charge >= 0.3 is 11.8 Å². The predicted molar refractivity (Wildman–Crippen MR) is 119 cm³/mol. The number of amidine groups is 1. The lowest BCUT2D eigenvalue weighted by atomic mass is 10.0. The van der Waals surface area contributed by atoms with Crippen molar-refractivity contribution >= 4 is 34.7 Å². The number of benzene rings is 2. The molecule has 0 aromatic heterocycles. The van der Waals surface area contributed by atoms with Crippen LogP contribution in [0.3, 0.4) is 0 Å². The maximum absolute atomic E-state index is 12.7. The topological polar surface area (TPSA) is 45.1 Å². The number of ether oxygens (including phenoxy) is 1. The van der Waals surface area contributed by atoms with E-state index in [9.17, 15) is 4.79 Å². The van der Waals surface area contributed by atoms with Crippen LogP contribution < -0.4 is 4.90 Å². The Balaban J connectivity index is 1.90. The van der Waals surface area contributed by atoms with E-state index in [1.54, 1.807) is 6.07 Å². The molecule has 0 saturated heterocycles. The van der Waals surface area contributed by atoms with Crippen molar-refractivity contribution in [2.24, 2.45) is 4.99 Å². The molecule has 2 aliphatic rings. The number of thiocarbonyl (C=S) groups is 1. The molecule has 2 aliphatic heterocycles. The number of carbonyl (C=O) groups excluding carboxylic acids is 1. The van der Waals surface area contributed by atoms with Crippen LogP contribution in [-0.4, -0.2) is 34.8 Å². The summed E-state index contributed by atoms with van der Waals surface area (Å²) in [6.45, 7) is 8.01. The summed E-state index contributed by atoms with van der Waals surface area (Å²) in [4.78, 5) is 22.4. The molecule has 29 heavy (non-hydrogen) atoms. The molecule has 6 heteroatoms. The van der Waals surface area contributed by atoms with Crippen LogP contribution in [0.2, 0.25) is 0 Å².